The fourth-order valence-electron chi connectivity index (χ4n) is 3.23. The summed E-state index contributed by atoms with van der Waals surface area (Å²) < 4.78 is 10.8. The number of fused-ring (bicyclic) bond motifs is 1. The summed E-state index contributed by atoms with van der Waals surface area (Å²) in [5.74, 6) is 1.63. The van der Waals surface area contributed by atoms with Crippen LogP contribution in [0.1, 0.15) is 31.7 Å². The first-order chi connectivity index (χ1) is 10.7. The molecule has 0 aliphatic carbocycles. The summed E-state index contributed by atoms with van der Waals surface area (Å²) >= 11 is 0. The third kappa shape index (κ3) is 2.96. The number of carbonyl (C=O) groups is 1. The number of hydrogen-bond donors (Lipinski definition) is 0. The lowest BCUT2D eigenvalue weighted by molar-refractivity contribution is -0.132. The maximum atomic E-state index is 12.6. The molecular formula is C18H23NO3. The summed E-state index contributed by atoms with van der Waals surface area (Å²) in [6, 6.07) is 5.72. The second-order valence-electron chi connectivity index (χ2n) is 6.06. The van der Waals surface area contributed by atoms with Gasteiger partial charge < -0.3 is 14.1 Å². The van der Waals surface area contributed by atoms with Gasteiger partial charge in [-0.05, 0) is 30.9 Å². The van der Waals surface area contributed by atoms with Gasteiger partial charge >= 0.3 is 0 Å². The summed E-state index contributed by atoms with van der Waals surface area (Å²) in [5, 5.41) is 0.998. The predicted molar refractivity (Wildman–Crippen MR) is 86.1 cm³/mol. The molecule has 22 heavy (non-hydrogen) atoms. The lowest BCUT2D eigenvalue weighted by atomic mass is 9.95. The van der Waals surface area contributed by atoms with Crippen LogP contribution >= 0.6 is 0 Å². The normalized spacial score (nSPS) is 18.6. The molecule has 4 heteroatoms. The molecule has 1 aromatic carbocycles. The summed E-state index contributed by atoms with van der Waals surface area (Å²) in [7, 11) is 1.63. The van der Waals surface area contributed by atoms with Gasteiger partial charge in [0.2, 0.25) is 5.91 Å². The molecule has 1 amide bonds. The second kappa shape index (κ2) is 6.42. The van der Waals surface area contributed by atoms with Crippen molar-refractivity contribution < 1.29 is 13.9 Å². The van der Waals surface area contributed by atoms with E-state index in [4.69, 9.17) is 9.15 Å². The number of rotatable bonds is 4. The highest BCUT2D eigenvalue weighted by Gasteiger charge is 2.23. The van der Waals surface area contributed by atoms with Crippen molar-refractivity contribution in [3.05, 3.63) is 30.0 Å². The Morgan fingerprint density at radius 1 is 1.45 bits per heavy atom. The van der Waals surface area contributed by atoms with Crippen molar-refractivity contribution in [1.82, 2.24) is 4.90 Å². The lowest BCUT2D eigenvalue weighted by Gasteiger charge is -2.32. The highest BCUT2D eigenvalue weighted by Crippen LogP contribution is 2.27. The minimum absolute atomic E-state index is 0.205. The Morgan fingerprint density at radius 3 is 3.09 bits per heavy atom. The summed E-state index contributed by atoms with van der Waals surface area (Å²) in [6.07, 6.45) is 5.62. The zero-order chi connectivity index (χ0) is 15.5. The van der Waals surface area contributed by atoms with Gasteiger partial charge in [0, 0.05) is 30.1 Å². The maximum Gasteiger partial charge on any atom is 0.227 e. The number of amides is 1. The number of hydrogen-bond acceptors (Lipinski definition) is 3. The molecule has 0 N–H and O–H groups in total. The maximum absolute atomic E-state index is 12.6. The zero-order valence-electron chi connectivity index (χ0n) is 13.3. The highest BCUT2D eigenvalue weighted by atomic mass is 16.5. The molecule has 1 aliphatic heterocycles. The van der Waals surface area contributed by atoms with Gasteiger partial charge in [-0.15, -0.1) is 0 Å². The average molecular weight is 301 g/mol. The minimum Gasteiger partial charge on any atom is -0.497 e. The van der Waals surface area contributed by atoms with E-state index in [0.717, 1.165) is 48.2 Å². The van der Waals surface area contributed by atoms with Gasteiger partial charge in [-0.2, -0.15) is 0 Å². The molecule has 2 heterocycles. The second-order valence-corrected chi connectivity index (χ2v) is 6.06. The van der Waals surface area contributed by atoms with Crippen LogP contribution in [0.25, 0.3) is 11.0 Å². The SMILES string of the molecule is CCC1CCCN(C(=O)Cc2coc3cc(OC)ccc23)C1. The number of carbonyl (C=O) groups excluding carboxylic acids is 1. The molecule has 1 aromatic heterocycles. The van der Waals surface area contributed by atoms with E-state index in [1.807, 2.05) is 23.1 Å². The molecular weight excluding hydrogens is 278 g/mol. The van der Waals surface area contributed by atoms with Crippen LogP contribution in [0.5, 0.6) is 5.75 Å². The summed E-state index contributed by atoms with van der Waals surface area (Å²) in [6.45, 7) is 3.99. The quantitative estimate of drug-likeness (QED) is 0.866. The van der Waals surface area contributed by atoms with Gasteiger partial charge in [0.25, 0.3) is 0 Å². The van der Waals surface area contributed by atoms with Crippen molar-refractivity contribution >= 4 is 16.9 Å². The molecule has 1 atom stereocenters. The standard InChI is InChI=1S/C18H23NO3/c1-3-13-5-4-8-19(11-13)18(20)9-14-12-22-17-10-15(21-2)6-7-16(14)17/h6-7,10,12-13H,3-5,8-9,11H2,1-2H3. The number of ether oxygens (including phenoxy) is 1. The van der Waals surface area contributed by atoms with Gasteiger partial charge in [0.1, 0.15) is 11.3 Å². The molecule has 3 rings (SSSR count). The van der Waals surface area contributed by atoms with E-state index in [1.54, 1.807) is 13.4 Å². The number of furan rings is 1. The topological polar surface area (TPSA) is 42.7 Å². The third-order valence-corrected chi connectivity index (χ3v) is 4.65. The van der Waals surface area contributed by atoms with Crippen LogP contribution in [-0.2, 0) is 11.2 Å². The predicted octanol–water partition coefficient (Wildman–Crippen LogP) is 3.63. The van der Waals surface area contributed by atoms with Crippen molar-refractivity contribution in [1.29, 1.82) is 0 Å². The molecule has 0 bridgehead atoms. The van der Waals surface area contributed by atoms with E-state index >= 15 is 0 Å². The largest absolute Gasteiger partial charge is 0.497 e. The number of piperidine rings is 1. The van der Waals surface area contributed by atoms with Crippen molar-refractivity contribution in [3.63, 3.8) is 0 Å². The van der Waals surface area contributed by atoms with E-state index in [2.05, 4.69) is 6.92 Å². The van der Waals surface area contributed by atoms with Crippen LogP contribution in [0.15, 0.2) is 28.9 Å². The average Bonchev–Trinajstić information content (AvgIpc) is 2.96. The van der Waals surface area contributed by atoms with Crippen molar-refractivity contribution in [2.24, 2.45) is 5.92 Å². The van der Waals surface area contributed by atoms with Crippen LogP contribution in [0, 0.1) is 5.92 Å². The molecule has 118 valence electrons. The Balaban J connectivity index is 1.74. The minimum atomic E-state index is 0.205. The smallest absolute Gasteiger partial charge is 0.227 e. The van der Waals surface area contributed by atoms with E-state index < -0.39 is 0 Å². The van der Waals surface area contributed by atoms with Crippen LogP contribution in [0.3, 0.4) is 0 Å². The van der Waals surface area contributed by atoms with Gasteiger partial charge in [-0.3, -0.25) is 4.79 Å². The molecule has 0 spiro atoms. The summed E-state index contributed by atoms with van der Waals surface area (Å²) in [4.78, 5) is 14.6. The molecule has 1 aliphatic rings. The van der Waals surface area contributed by atoms with Gasteiger partial charge in [-0.25, -0.2) is 0 Å². The first kappa shape index (κ1) is 14.9. The van der Waals surface area contributed by atoms with Crippen molar-refractivity contribution in [2.45, 2.75) is 32.6 Å². The Bertz CT molecular complexity index is 661. The highest BCUT2D eigenvalue weighted by molar-refractivity contribution is 5.88. The fourth-order valence-corrected chi connectivity index (χ4v) is 3.23. The number of benzene rings is 1. The monoisotopic (exact) mass is 301 g/mol. The fraction of sp³-hybridized carbons (Fsp3) is 0.500. The molecule has 1 saturated heterocycles. The van der Waals surface area contributed by atoms with Crippen molar-refractivity contribution in [2.75, 3.05) is 20.2 Å². The Kier molecular flexibility index (Phi) is 4.36. The van der Waals surface area contributed by atoms with E-state index in [-0.39, 0.29) is 5.91 Å². The Hall–Kier alpha value is -1.97. The molecule has 1 fully saturated rings. The van der Waals surface area contributed by atoms with Gasteiger partial charge in [0.05, 0.1) is 19.8 Å². The Labute approximate surface area is 131 Å². The van der Waals surface area contributed by atoms with E-state index in [9.17, 15) is 4.79 Å². The number of methoxy groups -OCH3 is 1. The van der Waals surface area contributed by atoms with Crippen LogP contribution in [-0.4, -0.2) is 31.0 Å². The van der Waals surface area contributed by atoms with Gasteiger partial charge in [-0.1, -0.05) is 13.3 Å². The third-order valence-electron chi connectivity index (χ3n) is 4.65. The van der Waals surface area contributed by atoms with Crippen LogP contribution < -0.4 is 4.74 Å². The lowest BCUT2D eigenvalue weighted by Crippen LogP contribution is -2.40. The van der Waals surface area contributed by atoms with E-state index in [1.165, 1.54) is 6.42 Å². The van der Waals surface area contributed by atoms with E-state index in [0.29, 0.717) is 12.3 Å². The van der Waals surface area contributed by atoms with Crippen LogP contribution in [0.4, 0.5) is 0 Å². The van der Waals surface area contributed by atoms with Crippen LogP contribution in [0.2, 0.25) is 0 Å². The molecule has 0 radical (unpaired) electrons. The first-order valence-corrected chi connectivity index (χ1v) is 8.03. The molecule has 0 saturated carbocycles. The van der Waals surface area contributed by atoms with Gasteiger partial charge in [0.15, 0.2) is 0 Å². The molecule has 1 unspecified atom stereocenters. The van der Waals surface area contributed by atoms with Crippen molar-refractivity contribution in [3.8, 4) is 5.75 Å². The summed E-state index contributed by atoms with van der Waals surface area (Å²) in [5.41, 5.74) is 1.73. The Morgan fingerprint density at radius 2 is 2.32 bits per heavy atom. The molecule has 2 aromatic rings. The number of likely N-dealkylation sites (tertiary alicyclic amines) is 1. The zero-order valence-corrected chi connectivity index (χ0v) is 13.3. The molecule has 4 nitrogen and oxygen atoms in total. The number of nitrogens with zero attached hydrogens (tertiary/aromatic N) is 1. The first-order valence-electron chi connectivity index (χ1n) is 8.03.